The Hall–Kier alpha value is -4.06. The fourth-order valence-electron chi connectivity index (χ4n) is 3.30. The van der Waals surface area contributed by atoms with Gasteiger partial charge in [-0.3, -0.25) is 4.79 Å². The van der Waals surface area contributed by atoms with Crippen LogP contribution in [-0.2, 0) is 0 Å². The number of halogens is 1. The molecule has 0 bridgehead atoms. The Bertz CT molecular complexity index is 1220. The molecule has 0 aliphatic heterocycles. The van der Waals surface area contributed by atoms with E-state index in [0.717, 1.165) is 5.56 Å². The highest BCUT2D eigenvalue weighted by Gasteiger charge is 2.12. The van der Waals surface area contributed by atoms with Gasteiger partial charge in [0.05, 0.1) is 6.04 Å². The number of aromatic nitrogens is 2. The minimum atomic E-state index is -0.309. The third-order valence-corrected chi connectivity index (χ3v) is 5.12. The van der Waals surface area contributed by atoms with Crippen LogP contribution in [0, 0.1) is 12.7 Å². The number of rotatable bonds is 6. The molecule has 1 amide bonds. The zero-order valence-corrected chi connectivity index (χ0v) is 17.8. The molecular formula is C26H23FN4O. The van der Waals surface area contributed by atoms with Crippen LogP contribution in [0.25, 0.3) is 11.1 Å². The van der Waals surface area contributed by atoms with E-state index in [0.29, 0.717) is 28.3 Å². The molecule has 0 aliphatic rings. The standard InChI is InChI=1S/C26H23FN4O/c1-17-9-11-19(12-10-17)18(2)30-25(32)21-6-4-8-24(14-21)31-26-28-15-22(16-29-26)20-5-3-7-23(27)13-20/h3-16,18H,1-2H3,(H,30,32)(H,28,29,31)/t18-/m0/s1. The first-order valence-corrected chi connectivity index (χ1v) is 10.3. The Balaban J connectivity index is 1.43. The minimum absolute atomic E-state index is 0.113. The van der Waals surface area contributed by atoms with Crippen LogP contribution in [0.5, 0.6) is 0 Å². The number of nitrogens with zero attached hydrogens (tertiary/aromatic N) is 2. The first-order chi connectivity index (χ1) is 15.5. The number of amides is 1. The van der Waals surface area contributed by atoms with Crippen LogP contribution >= 0.6 is 0 Å². The van der Waals surface area contributed by atoms with Gasteiger partial charge in [-0.2, -0.15) is 0 Å². The zero-order valence-electron chi connectivity index (χ0n) is 17.8. The number of anilines is 2. The van der Waals surface area contributed by atoms with E-state index in [9.17, 15) is 9.18 Å². The SMILES string of the molecule is Cc1ccc([C@H](C)NC(=O)c2cccc(Nc3ncc(-c4cccc(F)c4)cn3)c2)cc1. The lowest BCUT2D eigenvalue weighted by molar-refractivity contribution is 0.0940. The quantitative estimate of drug-likeness (QED) is 0.407. The summed E-state index contributed by atoms with van der Waals surface area (Å²) in [5, 5.41) is 6.13. The van der Waals surface area contributed by atoms with E-state index in [-0.39, 0.29) is 17.8 Å². The third-order valence-electron chi connectivity index (χ3n) is 5.12. The lowest BCUT2D eigenvalue weighted by atomic mass is 10.1. The number of carbonyl (C=O) groups is 1. The maximum atomic E-state index is 13.4. The summed E-state index contributed by atoms with van der Waals surface area (Å²) in [6.45, 7) is 3.99. The second kappa shape index (κ2) is 9.39. The van der Waals surface area contributed by atoms with Gasteiger partial charge in [-0.05, 0) is 55.3 Å². The first kappa shape index (κ1) is 21.2. The second-order valence-electron chi connectivity index (χ2n) is 7.62. The Kier molecular flexibility index (Phi) is 6.22. The average Bonchev–Trinajstić information content (AvgIpc) is 2.80. The molecule has 0 spiro atoms. The van der Waals surface area contributed by atoms with Gasteiger partial charge in [-0.25, -0.2) is 14.4 Å². The van der Waals surface area contributed by atoms with Gasteiger partial charge in [0.2, 0.25) is 5.95 Å². The van der Waals surface area contributed by atoms with Crippen molar-refractivity contribution in [3.05, 3.63) is 108 Å². The number of hydrogen-bond donors (Lipinski definition) is 2. The molecule has 6 heteroatoms. The number of benzene rings is 3. The van der Waals surface area contributed by atoms with E-state index < -0.39 is 0 Å². The molecule has 4 rings (SSSR count). The van der Waals surface area contributed by atoms with Crippen LogP contribution in [0.4, 0.5) is 16.0 Å². The predicted octanol–water partition coefficient (Wildman–Crippen LogP) is 5.83. The van der Waals surface area contributed by atoms with Crippen LogP contribution in [0.2, 0.25) is 0 Å². The lowest BCUT2D eigenvalue weighted by Gasteiger charge is -2.15. The van der Waals surface area contributed by atoms with Crippen LogP contribution in [-0.4, -0.2) is 15.9 Å². The van der Waals surface area contributed by atoms with Gasteiger partial charge in [0.1, 0.15) is 5.82 Å². The molecule has 5 nitrogen and oxygen atoms in total. The summed E-state index contributed by atoms with van der Waals surface area (Å²) >= 11 is 0. The van der Waals surface area contributed by atoms with Crippen molar-refractivity contribution in [1.29, 1.82) is 0 Å². The fraction of sp³-hybridized carbons (Fsp3) is 0.115. The molecule has 0 saturated heterocycles. The topological polar surface area (TPSA) is 66.9 Å². The second-order valence-corrected chi connectivity index (χ2v) is 7.62. The number of hydrogen-bond acceptors (Lipinski definition) is 4. The Labute approximate surface area is 186 Å². The predicted molar refractivity (Wildman–Crippen MR) is 124 cm³/mol. The van der Waals surface area contributed by atoms with Crippen molar-refractivity contribution >= 4 is 17.5 Å². The third kappa shape index (κ3) is 5.16. The molecule has 1 heterocycles. The van der Waals surface area contributed by atoms with Crippen molar-refractivity contribution in [3.8, 4) is 11.1 Å². The van der Waals surface area contributed by atoms with Gasteiger partial charge in [0.15, 0.2) is 0 Å². The van der Waals surface area contributed by atoms with Crippen molar-refractivity contribution in [2.24, 2.45) is 0 Å². The van der Waals surface area contributed by atoms with E-state index in [2.05, 4.69) is 20.6 Å². The van der Waals surface area contributed by atoms with E-state index in [1.54, 1.807) is 42.7 Å². The normalized spacial score (nSPS) is 11.6. The average molecular weight is 426 g/mol. The molecule has 0 radical (unpaired) electrons. The summed E-state index contributed by atoms with van der Waals surface area (Å²) in [7, 11) is 0. The molecule has 32 heavy (non-hydrogen) atoms. The van der Waals surface area contributed by atoms with Gasteiger partial charge >= 0.3 is 0 Å². The molecule has 2 N–H and O–H groups in total. The fourth-order valence-corrected chi connectivity index (χ4v) is 3.30. The Morgan fingerprint density at radius 2 is 1.62 bits per heavy atom. The van der Waals surface area contributed by atoms with Gasteiger partial charge in [-0.15, -0.1) is 0 Å². The minimum Gasteiger partial charge on any atom is -0.346 e. The highest BCUT2D eigenvalue weighted by Crippen LogP contribution is 2.21. The first-order valence-electron chi connectivity index (χ1n) is 10.3. The summed E-state index contributed by atoms with van der Waals surface area (Å²) < 4.78 is 13.4. The molecule has 0 fully saturated rings. The van der Waals surface area contributed by atoms with Gasteiger partial charge < -0.3 is 10.6 Å². The van der Waals surface area contributed by atoms with Crippen LogP contribution in [0.15, 0.2) is 85.2 Å². The maximum Gasteiger partial charge on any atom is 0.251 e. The van der Waals surface area contributed by atoms with Crippen molar-refractivity contribution < 1.29 is 9.18 Å². The molecule has 0 saturated carbocycles. The van der Waals surface area contributed by atoms with Crippen LogP contribution in [0.1, 0.15) is 34.5 Å². The molecular weight excluding hydrogens is 403 g/mol. The van der Waals surface area contributed by atoms with Gasteiger partial charge in [0.25, 0.3) is 5.91 Å². The molecule has 0 unspecified atom stereocenters. The highest BCUT2D eigenvalue weighted by atomic mass is 19.1. The highest BCUT2D eigenvalue weighted by molar-refractivity contribution is 5.95. The van der Waals surface area contributed by atoms with Crippen molar-refractivity contribution in [2.45, 2.75) is 19.9 Å². The Morgan fingerprint density at radius 3 is 2.34 bits per heavy atom. The van der Waals surface area contributed by atoms with E-state index >= 15 is 0 Å². The number of nitrogens with one attached hydrogen (secondary N) is 2. The summed E-state index contributed by atoms with van der Waals surface area (Å²) in [5.74, 6) is -0.0867. The van der Waals surface area contributed by atoms with Crippen molar-refractivity contribution in [2.75, 3.05) is 5.32 Å². The largest absolute Gasteiger partial charge is 0.346 e. The molecule has 1 aromatic heterocycles. The van der Waals surface area contributed by atoms with E-state index in [1.807, 2.05) is 44.2 Å². The molecule has 3 aromatic carbocycles. The number of carbonyl (C=O) groups excluding carboxylic acids is 1. The Morgan fingerprint density at radius 1 is 0.906 bits per heavy atom. The summed E-state index contributed by atoms with van der Waals surface area (Å²) in [6, 6.07) is 21.4. The van der Waals surface area contributed by atoms with Crippen molar-refractivity contribution in [3.63, 3.8) is 0 Å². The van der Waals surface area contributed by atoms with Gasteiger partial charge in [-0.1, -0.05) is 48.0 Å². The molecule has 0 aliphatic carbocycles. The molecule has 4 aromatic rings. The summed E-state index contributed by atoms with van der Waals surface area (Å²) in [6.07, 6.45) is 3.26. The summed E-state index contributed by atoms with van der Waals surface area (Å²) in [5.41, 5.74) is 4.87. The monoisotopic (exact) mass is 426 g/mol. The lowest BCUT2D eigenvalue weighted by Crippen LogP contribution is -2.26. The van der Waals surface area contributed by atoms with E-state index in [1.165, 1.54) is 17.7 Å². The van der Waals surface area contributed by atoms with E-state index in [4.69, 9.17) is 0 Å². The van der Waals surface area contributed by atoms with Crippen molar-refractivity contribution in [1.82, 2.24) is 15.3 Å². The van der Waals surface area contributed by atoms with Crippen LogP contribution < -0.4 is 10.6 Å². The number of aryl methyl sites for hydroxylation is 1. The zero-order chi connectivity index (χ0) is 22.5. The summed E-state index contributed by atoms with van der Waals surface area (Å²) in [4.78, 5) is 21.3. The molecule has 160 valence electrons. The maximum absolute atomic E-state index is 13.4. The van der Waals surface area contributed by atoms with Gasteiger partial charge in [0, 0.05) is 29.2 Å². The molecule has 1 atom stereocenters. The smallest absolute Gasteiger partial charge is 0.251 e. The van der Waals surface area contributed by atoms with Crippen LogP contribution in [0.3, 0.4) is 0 Å².